The van der Waals surface area contributed by atoms with E-state index in [0.29, 0.717) is 17.6 Å². The SMILES string of the molecule is C=CCC1CCC(c2ccccc2O)C(CC=C)C1. The molecule has 1 N–H and O–H groups in total. The van der Waals surface area contributed by atoms with E-state index in [1.165, 1.54) is 12.8 Å². The Balaban J connectivity index is 2.17. The lowest BCUT2D eigenvalue weighted by molar-refractivity contribution is 0.231. The van der Waals surface area contributed by atoms with Crippen molar-refractivity contribution in [3.05, 3.63) is 55.1 Å². The van der Waals surface area contributed by atoms with Crippen molar-refractivity contribution in [1.82, 2.24) is 0 Å². The van der Waals surface area contributed by atoms with Gasteiger partial charge in [-0.25, -0.2) is 0 Å². The molecule has 3 atom stereocenters. The van der Waals surface area contributed by atoms with Crippen molar-refractivity contribution in [2.24, 2.45) is 11.8 Å². The van der Waals surface area contributed by atoms with Crippen molar-refractivity contribution in [2.45, 2.75) is 38.0 Å². The Morgan fingerprint density at radius 3 is 2.53 bits per heavy atom. The molecule has 3 unspecified atom stereocenters. The van der Waals surface area contributed by atoms with Crippen LogP contribution in [0.2, 0.25) is 0 Å². The zero-order chi connectivity index (χ0) is 13.7. The van der Waals surface area contributed by atoms with Crippen LogP contribution in [-0.2, 0) is 0 Å². The van der Waals surface area contributed by atoms with E-state index in [0.717, 1.165) is 30.7 Å². The Hall–Kier alpha value is -1.50. The van der Waals surface area contributed by atoms with Gasteiger partial charge in [0.1, 0.15) is 5.75 Å². The van der Waals surface area contributed by atoms with Gasteiger partial charge in [-0.3, -0.25) is 0 Å². The summed E-state index contributed by atoms with van der Waals surface area (Å²) in [6.45, 7) is 7.75. The zero-order valence-corrected chi connectivity index (χ0v) is 11.6. The van der Waals surface area contributed by atoms with Gasteiger partial charge >= 0.3 is 0 Å². The number of phenols is 1. The number of hydrogen-bond donors (Lipinski definition) is 1. The van der Waals surface area contributed by atoms with Crippen molar-refractivity contribution in [3.8, 4) is 5.75 Å². The number of phenolic OH excluding ortho intramolecular Hbond substituents is 1. The maximum Gasteiger partial charge on any atom is 0.119 e. The van der Waals surface area contributed by atoms with Gasteiger partial charge in [0.15, 0.2) is 0 Å². The van der Waals surface area contributed by atoms with Gasteiger partial charge in [0.2, 0.25) is 0 Å². The first kappa shape index (κ1) is 13.9. The summed E-state index contributed by atoms with van der Waals surface area (Å²) in [5.74, 6) is 2.28. The molecule has 1 heteroatoms. The Kier molecular flexibility index (Phi) is 4.84. The molecule has 0 heterocycles. The Labute approximate surface area is 116 Å². The van der Waals surface area contributed by atoms with Gasteiger partial charge in [-0.05, 0) is 61.5 Å². The van der Waals surface area contributed by atoms with Crippen molar-refractivity contribution < 1.29 is 5.11 Å². The number of hydrogen-bond acceptors (Lipinski definition) is 1. The van der Waals surface area contributed by atoms with Crippen LogP contribution >= 0.6 is 0 Å². The average Bonchev–Trinajstić information content (AvgIpc) is 2.41. The van der Waals surface area contributed by atoms with Crippen molar-refractivity contribution in [2.75, 3.05) is 0 Å². The number of para-hydroxylation sites is 1. The Morgan fingerprint density at radius 2 is 1.84 bits per heavy atom. The predicted molar refractivity (Wildman–Crippen MR) is 81.3 cm³/mol. The number of allylic oxidation sites excluding steroid dienone is 2. The van der Waals surface area contributed by atoms with Gasteiger partial charge < -0.3 is 5.11 Å². The third kappa shape index (κ3) is 3.28. The van der Waals surface area contributed by atoms with Crippen LogP contribution in [0.25, 0.3) is 0 Å². The molecule has 0 aliphatic heterocycles. The van der Waals surface area contributed by atoms with Gasteiger partial charge in [0, 0.05) is 0 Å². The minimum atomic E-state index is 0.448. The van der Waals surface area contributed by atoms with Gasteiger partial charge in [-0.1, -0.05) is 30.4 Å². The molecule has 0 bridgehead atoms. The van der Waals surface area contributed by atoms with E-state index in [4.69, 9.17) is 0 Å². The van der Waals surface area contributed by atoms with Crippen molar-refractivity contribution in [1.29, 1.82) is 0 Å². The molecule has 0 saturated heterocycles. The van der Waals surface area contributed by atoms with E-state index in [9.17, 15) is 5.11 Å². The van der Waals surface area contributed by atoms with Gasteiger partial charge in [-0.2, -0.15) is 0 Å². The van der Waals surface area contributed by atoms with Crippen LogP contribution in [-0.4, -0.2) is 5.11 Å². The van der Waals surface area contributed by atoms with E-state index in [2.05, 4.69) is 19.2 Å². The topological polar surface area (TPSA) is 20.2 Å². The molecule has 0 spiro atoms. The summed E-state index contributed by atoms with van der Waals surface area (Å²) in [5, 5.41) is 10.1. The number of aromatic hydroxyl groups is 1. The molecule has 19 heavy (non-hydrogen) atoms. The fraction of sp³-hybridized carbons (Fsp3) is 0.444. The van der Waals surface area contributed by atoms with Crippen LogP contribution in [0, 0.1) is 11.8 Å². The highest BCUT2D eigenvalue weighted by atomic mass is 16.3. The first-order chi connectivity index (χ1) is 9.26. The van der Waals surface area contributed by atoms with Crippen LogP contribution in [0.15, 0.2) is 49.6 Å². The molecule has 1 aliphatic carbocycles. The fourth-order valence-corrected chi connectivity index (χ4v) is 3.50. The second kappa shape index (κ2) is 6.60. The molecule has 1 aromatic carbocycles. The molecule has 2 rings (SSSR count). The van der Waals surface area contributed by atoms with Crippen LogP contribution in [0.1, 0.15) is 43.6 Å². The quantitative estimate of drug-likeness (QED) is 0.731. The maximum atomic E-state index is 10.1. The lowest BCUT2D eigenvalue weighted by atomic mass is 9.69. The second-order valence-electron chi connectivity index (χ2n) is 5.65. The van der Waals surface area contributed by atoms with Crippen LogP contribution in [0.4, 0.5) is 0 Å². The first-order valence-electron chi connectivity index (χ1n) is 7.26. The van der Waals surface area contributed by atoms with Gasteiger partial charge in [-0.15, -0.1) is 13.2 Å². The molecule has 1 fully saturated rings. The highest BCUT2D eigenvalue weighted by Gasteiger charge is 2.31. The van der Waals surface area contributed by atoms with E-state index >= 15 is 0 Å². The average molecular weight is 256 g/mol. The smallest absolute Gasteiger partial charge is 0.119 e. The van der Waals surface area contributed by atoms with E-state index in [-0.39, 0.29) is 0 Å². The first-order valence-corrected chi connectivity index (χ1v) is 7.26. The summed E-state index contributed by atoms with van der Waals surface area (Å²) < 4.78 is 0. The normalized spacial score (nSPS) is 26.8. The zero-order valence-electron chi connectivity index (χ0n) is 11.6. The van der Waals surface area contributed by atoms with Crippen LogP contribution in [0.3, 0.4) is 0 Å². The molecule has 0 aromatic heterocycles. The van der Waals surface area contributed by atoms with Gasteiger partial charge in [0.25, 0.3) is 0 Å². The molecular formula is C18H24O. The minimum absolute atomic E-state index is 0.448. The second-order valence-corrected chi connectivity index (χ2v) is 5.65. The molecule has 102 valence electrons. The third-order valence-electron chi connectivity index (χ3n) is 4.40. The number of rotatable bonds is 5. The Bertz CT molecular complexity index is 435. The van der Waals surface area contributed by atoms with Crippen LogP contribution in [0.5, 0.6) is 5.75 Å². The van der Waals surface area contributed by atoms with E-state index < -0.39 is 0 Å². The molecule has 0 amide bonds. The summed E-state index contributed by atoms with van der Waals surface area (Å²) in [5.41, 5.74) is 1.12. The molecular weight excluding hydrogens is 232 g/mol. The van der Waals surface area contributed by atoms with Crippen molar-refractivity contribution in [3.63, 3.8) is 0 Å². The fourth-order valence-electron chi connectivity index (χ4n) is 3.50. The number of benzene rings is 1. The molecule has 1 aromatic rings. The molecule has 0 radical (unpaired) electrons. The molecule has 1 nitrogen and oxygen atoms in total. The summed E-state index contributed by atoms with van der Waals surface area (Å²) in [6.07, 6.45) is 9.82. The Morgan fingerprint density at radius 1 is 1.11 bits per heavy atom. The lowest BCUT2D eigenvalue weighted by Gasteiger charge is -2.36. The van der Waals surface area contributed by atoms with Gasteiger partial charge in [0.05, 0.1) is 0 Å². The van der Waals surface area contributed by atoms with E-state index in [1.54, 1.807) is 6.07 Å². The maximum absolute atomic E-state index is 10.1. The largest absolute Gasteiger partial charge is 0.508 e. The molecule has 1 saturated carbocycles. The summed E-state index contributed by atoms with van der Waals surface area (Å²) >= 11 is 0. The summed E-state index contributed by atoms with van der Waals surface area (Å²) in [7, 11) is 0. The molecule has 1 aliphatic rings. The monoisotopic (exact) mass is 256 g/mol. The van der Waals surface area contributed by atoms with Crippen LogP contribution < -0.4 is 0 Å². The third-order valence-corrected chi connectivity index (χ3v) is 4.40. The summed E-state index contributed by atoms with van der Waals surface area (Å²) in [4.78, 5) is 0. The summed E-state index contributed by atoms with van der Waals surface area (Å²) in [6, 6.07) is 7.79. The highest BCUT2D eigenvalue weighted by molar-refractivity contribution is 5.35. The minimum Gasteiger partial charge on any atom is -0.508 e. The highest BCUT2D eigenvalue weighted by Crippen LogP contribution is 2.45. The van der Waals surface area contributed by atoms with E-state index in [1.807, 2.05) is 24.3 Å². The standard InChI is InChI=1S/C18H24O/c1-3-7-14-11-12-16(15(13-14)8-4-2)17-9-5-6-10-18(17)19/h3-6,9-10,14-16,19H,1-2,7-8,11-13H2. The van der Waals surface area contributed by atoms with Crippen molar-refractivity contribution >= 4 is 0 Å². The predicted octanol–water partition coefficient (Wildman–Crippen LogP) is 5.04. The lowest BCUT2D eigenvalue weighted by Crippen LogP contribution is -2.23.